The van der Waals surface area contributed by atoms with E-state index in [0.29, 0.717) is 24.5 Å². The Kier molecular flexibility index (Phi) is 7.45. The number of fused-ring (bicyclic) bond motifs is 4. The predicted octanol–water partition coefficient (Wildman–Crippen LogP) is 6.38. The molecule has 0 spiro atoms. The molecule has 5 unspecified atom stereocenters. The van der Waals surface area contributed by atoms with E-state index >= 15 is 0 Å². The minimum atomic E-state index is -0.697. The minimum absolute atomic E-state index is 0.0244. The van der Waals surface area contributed by atoms with E-state index in [0.717, 1.165) is 24.0 Å². The Morgan fingerprint density at radius 2 is 1.03 bits per heavy atom. The SMILES string of the molecule is C[C@H]1C2C=CC(C2OCc2ccccc2)[C@@H]1C.C[C@H]1C2C=CC(C2OCc2ccccc2)[C@@H]1C(=O)O. The topological polar surface area (TPSA) is 55.8 Å². The van der Waals surface area contributed by atoms with Crippen LogP contribution >= 0.6 is 0 Å². The molecule has 2 aromatic carbocycles. The summed E-state index contributed by atoms with van der Waals surface area (Å²) in [5.41, 5.74) is 2.41. The third-order valence-corrected chi connectivity index (χ3v) is 9.12. The molecule has 4 heteroatoms. The smallest absolute Gasteiger partial charge is 0.307 e. The Morgan fingerprint density at radius 3 is 1.44 bits per heavy atom. The average Bonchev–Trinajstić information content (AvgIpc) is 3.62. The molecule has 4 aliphatic rings. The summed E-state index contributed by atoms with van der Waals surface area (Å²) in [5, 5.41) is 9.32. The van der Waals surface area contributed by atoms with Crippen LogP contribution in [0.3, 0.4) is 0 Å². The van der Waals surface area contributed by atoms with Gasteiger partial charge in [0, 0.05) is 23.7 Å². The molecule has 0 aromatic heterocycles. The number of benzene rings is 2. The van der Waals surface area contributed by atoms with Crippen LogP contribution in [0.4, 0.5) is 0 Å². The summed E-state index contributed by atoms with van der Waals surface area (Å²) in [4.78, 5) is 11.3. The number of aliphatic carboxylic acids is 1. The summed E-state index contributed by atoms with van der Waals surface area (Å²) in [7, 11) is 0. The zero-order valence-corrected chi connectivity index (χ0v) is 21.4. The third-order valence-electron chi connectivity index (χ3n) is 9.12. The number of ether oxygens (including phenoxy) is 2. The molecule has 4 aliphatic carbocycles. The second-order valence-electron chi connectivity index (χ2n) is 11.0. The van der Waals surface area contributed by atoms with Crippen LogP contribution in [-0.2, 0) is 27.5 Å². The lowest BCUT2D eigenvalue weighted by Crippen LogP contribution is -2.26. The Labute approximate surface area is 215 Å². The number of hydrogen-bond acceptors (Lipinski definition) is 3. The molecule has 2 saturated carbocycles. The van der Waals surface area contributed by atoms with E-state index in [4.69, 9.17) is 9.47 Å². The summed E-state index contributed by atoms with van der Waals surface area (Å²) in [6.45, 7) is 8.04. The van der Waals surface area contributed by atoms with Gasteiger partial charge < -0.3 is 14.6 Å². The molecule has 2 fully saturated rings. The van der Waals surface area contributed by atoms with Crippen molar-refractivity contribution in [2.24, 2.45) is 47.3 Å². The van der Waals surface area contributed by atoms with E-state index in [2.05, 4.69) is 62.4 Å². The van der Waals surface area contributed by atoms with Gasteiger partial charge in [0.05, 0.1) is 31.3 Å². The molecule has 1 N–H and O–H groups in total. The van der Waals surface area contributed by atoms with Crippen molar-refractivity contribution in [1.82, 2.24) is 0 Å². The monoisotopic (exact) mass is 486 g/mol. The van der Waals surface area contributed by atoms with Crippen molar-refractivity contribution in [1.29, 1.82) is 0 Å². The molecule has 0 aliphatic heterocycles. The van der Waals surface area contributed by atoms with Crippen LogP contribution in [0.1, 0.15) is 31.9 Å². The van der Waals surface area contributed by atoms with E-state index in [1.807, 2.05) is 43.3 Å². The molecule has 0 saturated heterocycles. The number of carboxylic acid groups (broad SMARTS) is 1. The molecule has 9 atom stereocenters. The minimum Gasteiger partial charge on any atom is -0.481 e. The molecule has 190 valence electrons. The molecule has 4 nitrogen and oxygen atoms in total. The molecule has 2 aromatic rings. The average molecular weight is 487 g/mol. The molecular weight excluding hydrogens is 448 g/mol. The molecule has 4 bridgehead atoms. The van der Waals surface area contributed by atoms with Gasteiger partial charge in [0.2, 0.25) is 0 Å². The first-order valence-corrected chi connectivity index (χ1v) is 13.4. The third kappa shape index (κ3) is 4.81. The van der Waals surface area contributed by atoms with Crippen LogP contribution in [0.5, 0.6) is 0 Å². The highest BCUT2D eigenvalue weighted by Crippen LogP contribution is 2.50. The largest absolute Gasteiger partial charge is 0.481 e. The molecule has 0 radical (unpaired) electrons. The highest BCUT2D eigenvalue weighted by molar-refractivity contribution is 5.72. The summed E-state index contributed by atoms with van der Waals surface area (Å²) in [5.74, 6) is 2.26. The Bertz CT molecular complexity index is 1060. The van der Waals surface area contributed by atoms with Gasteiger partial charge in [-0.05, 0) is 28.9 Å². The summed E-state index contributed by atoms with van der Waals surface area (Å²) >= 11 is 0. The maximum atomic E-state index is 11.3. The van der Waals surface area contributed by atoms with Crippen LogP contribution < -0.4 is 0 Å². The van der Waals surface area contributed by atoms with Crippen molar-refractivity contribution in [2.75, 3.05) is 0 Å². The van der Waals surface area contributed by atoms with E-state index in [1.165, 1.54) is 5.56 Å². The lowest BCUT2D eigenvalue weighted by molar-refractivity contribution is -0.144. The number of hydrogen-bond donors (Lipinski definition) is 1. The first kappa shape index (κ1) is 25.0. The van der Waals surface area contributed by atoms with Crippen LogP contribution in [0.2, 0.25) is 0 Å². The van der Waals surface area contributed by atoms with Crippen molar-refractivity contribution < 1.29 is 19.4 Å². The number of carboxylic acids is 1. The standard InChI is InChI=1S/C16H18O3.C16H20O/c1-10-12-7-8-13(14(10)16(17)18)15(12)19-9-11-5-3-2-4-6-11;1-11-12(2)15-9-8-14(11)16(15)17-10-13-6-4-3-5-7-13/h2-8,10,12-15H,9H2,1H3,(H,17,18);3-9,11-12,14-16H,10H2,1-2H3/t10-,12?,13?,14+,15?;11-,12-,14?,15?,16?/m01/s1. The fourth-order valence-corrected chi connectivity index (χ4v) is 6.87. The van der Waals surface area contributed by atoms with Gasteiger partial charge in [-0.3, -0.25) is 4.79 Å². The molecular formula is C32H38O4. The maximum Gasteiger partial charge on any atom is 0.307 e. The van der Waals surface area contributed by atoms with Gasteiger partial charge in [0.15, 0.2) is 0 Å². The maximum absolute atomic E-state index is 11.3. The van der Waals surface area contributed by atoms with Crippen LogP contribution in [-0.4, -0.2) is 23.3 Å². The van der Waals surface area contributed by atoms with E-state index in [-0.39, 0.29) is 29.8 Å². The summed E-state index contributed by atoms with van der Waals surface area (Å²) in [6.07, 6.45) is 9.33. The highest BCUT2D eigenvalue weighted by Gasteiger charge is 2.53. The Morgan fingerprint density at radius 1 is 0.639 bits per heavy atom. The van der Waals surface area contributed by atoms with Crippen LogP contribution in [0.15, 0.2) is 85.0 Å². The Balaban J connectivity index is 0.000000149. The fraction of sp³-hybridized carbons (Fsp3) is 0.469. The van der Waals surface area contributed by atoms with Gasteiger partial charge in [0.25, 0.3) is 0 Å². The van der Waals surface area contributed by atoms with Gasteiger partial charge in [-0.2, -0.15) is 0 Å². The fourth-order valence-electron chi connectivity index (χ4n) is 6.87. The second kappa shape index (κ2) is 10.7. The lowest BCUT2D eigenvalue weighted by Gasteiger charge is -2.19. The normalized spacial score (nSPS) is 37.2. The van der Waals surface area contributed by atoms with E-state index in [1.54, 1.807) is 0 Å². The van der Waals surface area contributed by atoms with Gasteiger partial charge in [-0.1, -0.05) is 106 Å². The molecule has 6 rings (SSSR count). The first-order valence-electron chi connectivity index (χ1n) is 13.4. The summed E-state index contributed by atoms with van der Waals surface area (Å²) < 4.78 is 12.2. The van der Waals surface area contributed by atoms with Gasteiger partial charge in [-0.25, -0.2) is 0 Å². The van der Waals surface area contributed by atoms with Gasteiger partial charge in [0.1, 0.15) is 0 Å². The first-order chi connectivity index (χ1) is 17.5. The van der Waals surface area contributed by atoms with Crippen molar-refractivity contribution in [2.45, 2.75) is 46.2 Å². The number of rotatable bonds is 7. The zero-order chi connectivity index (χ0) is 25.2. The molecule has 0 heterocycles. The molecule has 36 heavy (non-hydrogen) atoms. The van der Waals surface area contributed by atoms with Crippen molar-refractivity contribution >= 4 is 5.97 Å². The molecule has 0 amide bonds. The van der Waals surface area contributed by atoms with Crippen molar-refractivity contribution in [3.05, 3.63) is 96.1 Å². The zero-order valence-electron chi connectivity index (χ0n) is 21.4. The van der Waals surface area contributed by atoms with E-state index < -0.39 is 5.97 Å². The summed E-state index contributed by atoms with van der Waals surface area (Å²) in [6, 6.07) is 20.5. The van der Waals surface area contributed by atoms with Gasteiger partial charge >= 0.3 is 5.97 Å². The van der Waals surface area contributed by atoms with E-state index in [9.17, 15) is 9.90 Å². The van der Waals surface area contributed by atoms with Crippen molar-refractivity contribution in [3.8, 4) is 0 Å². The Hall–Kier alpha value is -2.69. The second-order valence-corrected chi connectivity index (χ2v) is 11.0. The van der Waals surface area contributed by atoms with Crippen LogP contribution in [0, 0.1) is 47.3 Å². The quantitative estimate of drug-likeness (QED) is 0.461. The lowest BCUT2D eigenvalue weighted by atomic mass is 9.85. The number of carbonyl (C=O) groups is 1. The van der Waals surface area contributed by atoms with Crippen LogP contribution in [0.25, 0.3) is 0 Å². The van der Waals surface area contributed by atoms with Gasteiger partial charge in [-0.15, -0.1) is 0 Å². The highest BCUT2D eigenvalue weighted by atomic mass is 16.5. The van der Waals surface area contributed by atoms with Crippen molar-refractivity contribution in [3.63, 3.8) is 0 Å². The predicted molar refractivity (Wildman–Crippen MR) is 141 cm³/mol.